The molecule has 2 aliphatic rings. The van der Waals surface area contributed by atoms with Gasteiger partial charge in [-0.15, -0.1) is 0 Å². The normalized spacial score (nSPS) is 13.6. The van der Waals surface area contributed by atoms with Crippen molar-refractivity contribution >= 4 is 5.57 Å². The van der Waals surface area contributed by atoms with Crippen LogP contribution in [0.4, 0.5) is 0 Å². The molecule has 0 fully saturated rings. The van der Waals surface area contributed by atoms with Crippen LogP contribution in [-0.2, 0) is 5.41 Å². The van der Waals surface area contributed by atoms with Crippen LogP contribution in [0.2, 0.25) is 0 Å². The van der Waals surface area contributed by atoms with E-state index in [2.05, 4.69) is 104 Å². The molecule has 0 bridgehead atoms. The van der Waals surface area contributed by atoms with E-state index in [0.717, 1.165) is 16.7 Å². The monoisotopic (exact) mass is 549 g/mol. The molecule has 0 amide bonds. The smallest absolute Gasteiger partial charge is 0.164 e. The largest absolute Gasteiger partial charge is 0.208 e. The molecule has 6 aromatic rings. The first-order valence-electron chi connectivity index (χ1n) is 14.4. The number of aromatic nitrogens is 3. The first-order valence-corrected chi connectivity index (χ1v) is 14.4. The second-order valence-corrected chi connectivity index (χ2v) is 10.9. The van der Waals surface area contributed by atoms with Gasteiger partial charge in [0.1, 0.15) is 0 Å². The number of nitrogens with zero attached hydrogens (tertiary/aromatic N) is 3. The van der Waals surface area contributed by atoms with E-state index >= 15 is 0 Å². The second-order valence-electron chi connectivity index (χ2n) is 10.9. The summed E-state index contributed by atoms with van der Waals surface area (Å²) in [4.78, 5) is 14.9. The number of rotatable bonds is 5. The third kappa shape index (κ3) is 3.58. The van der Waals surface area contributed by atoms with Crippen molar-refractivity contribution in [2.24, 2.45) is 0 Å². The van der Waals surface area contributed by atoms with Gasteiger partial charge in [-0.2, -0.15) is 0 Å². The van der Waals surface area contributed by atoms with E-state index in [4.69, 9.17) is 15.0 Å². The van der Waals surface area contributed by atoms with E-state index in [-0.39, 0.29) is 0 Å². The number of benzene rings is 5. The summed E-state index contributed by atoms with van der Waals surface area (Å²) in [5.41, 5.74) is 12.5. The molecule has 2 aliphatic carbocycles. The van der Waals surface area contributed by atoms with Gasteiger partial charge in [0.2, 0.25) is 0 Å². The fourth-order valence-electron chi connectivity index (χ4n) is 6.95. The molecule has 3 heteroatoms. The third-order valence-electron chi connectivity index (χ3n) is 8.70. The van der Waals surface area contributed by atoms with Gasteiger partial charge in [-0.1, -0.05) is 147 Å². The van der Waals surface area contributed by atoms with Gasteiger partial charge in [-0.25, -0.2) is 15.0 Å². The first kappa shape index (κ1) is 25.1. The van der Waals surface area contributed by atoms with Gasteiger partial charge in [0.05, 0.1) is 5.41 Å². The number of allylic oxidation sites excluding steroid dienone is 4. The van der Waals surface area contributed by atoms with E-state index in [1.165, 1.54) is 44.5 Å². The number of hydrogen-bond acceptors (Lipinski definition) is 3. The highest BCUT2D eigenvalue weighted by molar-refractivity contribution is 5.95. The molecule has 0 radical (unpaired) electrons. The van der Waals surface area contributed by atoms with Crippen LogP contribution in [0, 0.1) is 0 Å². The maximum absolute atomic E-state index is 5.02. The minimum absolute atomic E-state index is 0.428. The molecule has 8 rings (SSSR count). The maximum atomic E-state index is 5.02. The zero-order chi connectivity index (χ0) is 29.0. The zero-order valence-corrected chi connectivity index (χ0v) is 23.5. The Kier molecular flexibility index (Phi) is 5.66. The maximum Gasteiger partial charge on any atom is 0.164 e. The topological polar surface area (TPSA) is 38.7 Å². The van der Waals surface area contributed by atoms with Crippen molar-refractivity contribution in [1.82, 2.24) is 15.0 Å². The van der Waals surface area contributed by atoms with E-state index in [1.54, 1.807) is 12.2 Å². The number of hydrogen-bond donors (Lipinski definition) is 0. The number of fused-ring (bicyclic) bond motifs is 10. The molecule has 0 aliphatic heterocycles. The standard InChI is InChI=1S/C40H27N3/c1-3-14-26(4-2)37-41-38(27-15-6-5-7-16-27)43-39(42-37)28-23-24-32-31-19-10-13-22-35(31)40(36(32)25-28)33-20-11-8-17-29(33)30-18-9-12-21-34(30)40/h3-25H,1-2H2/b26-14+. The third-order valence-corrected chi connectivity index (χ3v) is 8.70. The second kappa shape index (κ2) is 9.71. The fraction of sp³-hybridized carbons (Fsp3) is 0.0250. The average molecular weight is 550 g/mol. The summed E-state index contributed by atoms with van der Waals surface area (Å²) >= 11 is 0. The molecular formula is C40H27N3. The Morgan fingerprint density at radius 1 is 0.512 bits per heavy atom. The first-order chi connectivity index (χ1) is 21.2. The molecule has 1 aromatic heterocycles. The summed E-state index contributed by atoms with van der Waals surface area (Å²) in [5.74, 6) is 1.80. The van der Waals surface area contributed by atoms with Gasteiger partial charge in [-0.05, 0) is 50.6 Å². The SMILES string of the molecule is C=C/C=C(\C=C)c1nc(-c2ccccc2)nc(-c2ccc3c(c2)C2(c4ccccc4-c4ccccc42)c2ccccc2-3)n1. The molecule has 0 unspecified atom stereocenters. The average Bonchev–Trinajstić information content (AvgIpc) is 3.54. The fourth-order valence-corrected chi connectivity index (χ4v) is 6.95. The van der Waals surface area contributed by atoms with Crippen molar-refractivity contribution < 1.29 is 0 Å². The Hall–Kier alpha value is -5.67. The molecule has 202 valence electrons. The Balaban J connectivity index is 1.42. The van der Waals surface area contributed by atoms with E-state index in [9.17, 15) is 0 Å². The highest BCUT2D eigenvalue weighted by atomic mass is 15.0. The van der Waals surface area contributed by atoms with Gasteiger partial charge in [0.15, 0.2) is 17.5 Å². The van der Waals surface area contributed by atoms with Crippen LogP contribution < -0.4 is 0 Å². The van der Waals surface area contributed by atoms with Gasteiger partial charge in [0, 0.05) is 16.7 Å². The van der Waals surface area contributed by atoms with Gasteiger partial charge < -0.3 is 0 Å². The van der Waals surface area contributed by atoms with Crippen LogP contribution in [0.5, 0.6) is 0 Å². The van der Waals surface area contributed by atoms with E-state index in [1.807, 2.05) is 36.4 Å². The van der Waals surface area contributed by atoms with Crippen LogP contribution in [0.3, 0.4) is 0 Å². The van der Waals surface area contributed by atoms with Crippen molar-refractivity contribution in [2.75, 3.05) is 0 Å². The van der Waals surface area contributed by atoms with Gasteiger partial charge in [-0.3, -0.25) is 0 Å². The summed E-state index contributed by atoms with van der Waals surface area (Å²) in [7, 11) is 0. The minimum atomic E-state index is -0.428. The Morgan fingerprint density at radius 2 is 1.02 bits per heavy atom. The molecule has 5 aromatic carbocycles. The lowest BCUT2D eigenvalue weighted by molar-refractivity contribution is 0.794. The molecule has 0 saturated carbocycles. The van der Waals surface area contributed by atoms with Crippen molar-refractivity contribution in [2.45, 2.75) is 5.41 Å². The molecule has 1 spiro atoms. The Labute approximate surface area is 251 Å². The summed E-state index contributed by atoms with van der Waals surface area (Å²) in [5, 5.41) is 0. The highest BCUT2D eigenvalue weighted by Crippen LogP contribution is 2.62. The summed E-state index contributed by atoms with van der Waals surface area (Å²) < 4.78 is 0. The Morgan fingerprint density at radius 3 is 1.58 bits per heavy atom. The predicted molar refractivity (Wildman–Crippen MR) is 175 cm³/mol. The van der Waals surface area contributed by atoms with Crippen LogP contribution in [0.15, 0.2) is 153 Å². The van der Waals surface area contributed by atoms with Crippen LogP contribution in [0.25, 0.3) is 50.6 Å². The zero-order valence-electron chi connectivity index (χ0n) is 23.5. The van der Waals surface area contributed by atoms with Crippen molar-refractivity contribution in [3.63, 3.8) is 0 Å². The molecule has 1 heterocycles. The highest BCUT2D eigenvalue weighted by Gasteiger charge is 2.51. The predicted octanol–water partition coefficient (Wildman–Crippen LogP) is 9.30. The molecule has 43 heavy (non-hydrogen) atoms. The molecule has 0 atom stereocenters. The van der Waals surface area contributed by atoms with Gasteiger partial charge in [0.25, 0.3) is 0 Å². The molecule has 3 nitrogen and oxygen atoms in total. The molecule has 0 saturated heterocycles. The lowest BCUT2D eigenvalue weighted by Crippen LogP contribution is -2.25. The van der Waals surface area contributed by atoms with Gasteiger partial charge >= 0.3 is 0 Å². The Bertz CT molecular complexity index is 2060. The van der Waals surface area contributed by atoms with Crippen molar-refractivity contribution in [1.29, 1.82) is 0 Å². The lowest BCUT2D eigenvalue weighted by Gasteiger charge is -2.30. The summed E-state index contributed by atoms with van der Waals surface area (Å²) in [6, 6.07) is 43.2. The van der Waals surface area contributed by atoms with E-state index < -0.39 is 5.41 Å². The van der Waals surface area contributed by atoms with E-state index in [0.29, 0.717) is 17.5 Å². The summed E-state index contributed by atoms with van der Waals surface area (Å²) in [6.07, 6.45) is 5.37. The van der Waals surface area contributed by atoms with Crippen LogP contribution in [-0.4, -0.2) is 15.0 Å². The minimum Gasteiger partial charge on any atom is -0.208 e. The molecular weight excluding hydrogens is 522 g/mol. The summed E-state index contributed by atoms with van der Waals surface area (Å²) in [6.45, 7) is 7.88. The van der Waals surface area contributed by atoms with Crippen molar-refractivity contribution in [3.8, 4) is 45.0 Å². The van der Waals surface area contributed by atoms with Crippen LogP contribution in [0.1, 0.15) is 28.1 Å². The molecule has 0 N–H and O–H groups in total. The quantitative estimate of drug-likeness (QED) is 0.201. The van der Waals surface area contributed by atoms with Crippen LogP contribution >= 0.6 is 0 Å². The lowest BCUT2D eigenvalue weighted by atomic mass is 9.70. The van der Waals surface area contributed by atoms with Crippen molar-refractivity contribution in [3.05, 3.63) is 181 Å².